The molecule has 0 spiro atoms. The Balaban J connectivity index is 2.40. The van der Waals surface area contributed by atoms with Crippen molar-refractivity contribution in [1.82, 2.24) is 14.8 Å². The molecule has 0 aliphatic carbocycles. The highest BCUT2D eigenvalue weighted by Gasteiger charge is 2.13. The second-order valence-corrected chi connectivity index (χ2v) is 3.92. The number of aryl methyl sites for hydroxylation is 1. The molecule has 7 heteroatoms. The first-order valence-electron chi connectivity index (χ1n) is 4.78. The average molecular weight is 230 g/mol. The van der Waals surface area contributed by atoms with Crippen molar-refractivity contribution in [2.75, 3.05) is 5.75 Å². The zero-order chi connectivity index (χ0) is 11.3. The summed E-state index contributed by atoms with van der Waals surface area (Å²) in [6.07, 6.45) is 3.37. The molecule has 0 N–H and O–H groups in total. The fraction of sp³-hybridized carbons (Fsp3) is 0.750. The van der Waals surface area contributed by atoms with Crippen molar-refractivity contribution in [3.05, 3.63) is 16.4 Å². The lowest BCUT2D eigenvalue weighted by Gasteiger charge is -2.06. The summed E-state index contributed by atoms with van der Waals surface area (Å²) in [5.41, 5.74) is 0. The van der Waals surface area contributed by atoms with Crippen LogP contribution in [-0.2, 0) is 6.54 Å². The first-order chi connectivity index (χ1) is 7.13. The molecule has 15 heavy (non-hydrogen) atoms. The van der Waals surface area contributed by atoms with Crippen molar-refractivity contribution < 1.29 is 4.92 Å². The summed E-state index contributed by atoms with van der Waals surface area (Å²) in [7, 11) is 0. The summed E-state index contributed by atoms with van der Waals surface area (Å²) in [4.78, 5) is 13.3. The fourth-order valence-corrected chi connectivity index (χ4v) is 1.63. The summed E-state index contributed by atoms with van der Waals surface area (Å²) >= 11 is 4.15. The SMILES string of the molecule is CC(CCS)CCn1cnc([N+](=O)[O-])n1. The normalized spacial score (nSPS) is 12.7. The maximum absolute atomic E-state index is 10.3. The van der Waals surface area contributed by atoms with Crippen LogP contribution in [-0.4, -0.2) is 25.4 Å². The van der Waals surface area contributed by atoms with Gasteiger partial charge in [-0.05, 0) is 29.4 Å². The van der Waals surface area contributed by atoms with Gasteiger partial charge in [0.05, 0.1) is 6.54 Å². The Morgan fingerprint density at radius 2 is 2.40 bits per heavy atom. The molecule has 0 aromatic carbocycles. The molecule has 0 radical (unpaired) electrons. The number of nitro groups is 1. The van der Waals surface area contributed by atoms with Crippen molar-refractivity contribution in [1.29, 1.82) is 0 Å². The fourth-order valence-electron chi connectivity index (χ4n) is 1.19. The van der Waals surface area contributed by atoms with Gasteiger partial charge in [0.2, 0.25) is 6.33 Å². The number of nitrogens with zero attached hydrogens (tertiary/aromatic N) is 4. The van der Waals surface area contributed by atoms with E-state index in [-0.39, 0.29) is 5.95 Å². The molecular formula is C8H14N4O2S. The third-order valence-electron chi connectivity index (χ3n) is 2.16. The van der Waals surface area contributed by atoms with E-state index in [9.17, 15) is 10.1 Å². The van der Waals surface area contributed by atoms with Crippen LogP contribution in [0, 0.1) is 16.0 Å². The topological polar surface area (TPSA) is 73.8 Å². The second-order valence-electron chi connectivity index (χ2n) is 3.47. The molecule has 84 valence electrons. The third-order valence-corrected chi connectivity index (χ3v) is 2.42. The summed E-state index contributed by atoms with van der Waals surface area (Å²) in [6.45, 7) is 2.79. The molecule has 1 heterocycles. The van der Waals surface area contributed by atoms with Crippen LogP contribution in [0.3, 0.4) is 0 Å². The third kappa shape index (κ3) is 3.86. The molecule has 0 amide bonds. The molecule has 0 saturated carbocycles. The summed E-state index contributed by atoms with van der Waals surface area (Å²) < 4.78 is 1.51. The smallest absolute Gasteiger partial charge is 0.390 e. The van der Waals surface area contributed by atoms with E-state index in [1.807, 2.05) is 0 Å². The largest absolute Gasteiger partial charge is 0.490 e. The molecule has 1 atom stereocenters. The Bertz CT molecular complexity index is 328. The maximum Gasteiger partial charge on any atom is 0.490 e. The van der Waals surface area contributed by atoms with Crippen LogP contribution in [0.2, 0.25) is 0 Å². The molecule has 0 fully saturated rings. The Hall–Kier alpha value is -1.11. The standard InChI is InChI=1S/C8H14N4O2S/c1-7(3-5-15)2-4-11-6-9-8(10-11)12(13)14/h6-7,15H,2-5H2,1H3. The first-order valence-corrected chi connectivity index (χ1v) is 5.41. The van der Waals surface area contributed by atoms with Crippen molar-refractivity contribution >= 4 is 18.6 Å². The maximum atomic E-state index is 10.3. The number of aromatic nitrogens is 3. The van der Waals surface area contributed by atoms with E-state index in [0.717, 1.165) is 18.6 Å². The predicted octanol–water partition coefficient (Wildman–Crippen LogP) is 1.53. The van der Waals surface area contributed by atoms with Gasteiger partial charge >= 0.3 is 5.95 Å². The Morgan fingerprint density at radius 3 is 2.93 bits per heavy atom. The molecule has 1 rings (SSSR count). The van der Waals surface area contributed by atoms with Crippen LogP contribution < -0.4 is 0 Å². The van der Waals surface area contributed by atoms with E-state index in [4.69, 9.17) is 0 Å². The van der Waals surface area contributed by atoms with E-state index in [0.29, 0.717) is 12.5 Å². The van der Waals surface area contributed by atoms with Gasteiger partial charge in [-0.25, -0.2) is 0 Å². The highest BCUT2D eigenvalue weighted by molar-refractivity contribution is 7.80. The van der Waals surface area contributed by atoms with E-state index < -0.39 is 4.92 Å². The number of rotatable bonds is 6. The van der Waals surface area contributed by atoms with Gasteiger partial charge in [0.15, 0.2) is 0 Å². The van der Waals surface area contributed by atoms with Crippen LogP contribution in [0.1, 0.15) is 19.8 Å². The van der Waals surface area contributed by atoms with Crippen molar-refractivity contribution in [3.63, 3.8) is 0 Å². The van der Waals surface area contributed by atoms with Crippen molar-refractivity contribution in [2.45, 2.75) is 26.3 Å². The van der Waals surface area contributed by atoms with Gasteiger partial charge in [0, 0.05) is 5.10 Å². The lowest BCUT2D eigenvalue weighted by Crippen LogP contribution is -2.05. The molecule has 0 aliphatic rings. The molecule has 0 aliphatic heterocycles. The zero-order valence-corrected chi connectivity index (χ0v) is 9.43. The summed E-state index contributed by atoms with van der Waals surface area (Å²) in [5.74, 6) is 1.07. The van der Waals surface area contributed by atoms with Gasteiger partial charge in [-0.1, -0.05) is 11.9 Å². The van der Waals surface area contributed by atoms with Gasteiger partial charge in [-0.3, -0.25) is 0 Å². The van der Waals surface area contributed by atoms with E-state index >= 15 is 0 Å². The van der Waals surface area contributed by atoms with Gasteiger partial charge in [0.25, 0.3) is 0 Å². The number of hydrogen-bond acceptors (Lipinski definition) is 5. The minimum atomic E-state index is -0.590. The lowest BCUT2D eigenvalue weighted by atomic mass is 10.1. The molecule has 0 bridgehead atoms. The highest BCUT2D eigenvalue weighted by atomic mass is 32.1. The predicted molar refractivity (Wildman–Crippen MR) is 58.9 cm³/mol. The van der Waals surface area contributed by atoms with Gasteiger partial charge in [-0.15, -0.1) is 0 Å². The van der Waals surface area contributed by atoms with E-state index in [1.165, 1.54) is 11.0 Å². The quantitative estimate of drug-likeness (QED) is 0.457. The minimum absolute atomic E-state index is 0.336. The zero-order valence-electron chi connectivity index (χ0n) is 8.54. The number of thiol groups is 1. The number of hydrogen-bond donors (Lipinski definition) is 1. The van der Waals surface area contributed by atoms with Crippen LogP contribution in [0.5, 0.6) is 0 Å². The van der Waals surface area contributed by atoms with Crippen molar-refractivity contribution in [3.8, 4) is 0 Å². The Kier molecular flexibility index (Phi) is 4.54. The highest BCUT2D eigenvalue weighted by Crippen LogP contribution is 2.10. The molecule has 1 unspecified atom stereocenters. The Labute approximate surface area is 93.3 Å². The minimum Gasteiger partial charge on any atom is -0.390 e. The Morgan fingerprint density at radius 1 is 1.67 bits per heavy atom. The summed E-state index contributed by atoms with van der Waals surface area (Å²) in [6, 6.07) is 0. The molecule has 1 aromatic heterocycles. The van der Waals surface area contributed by atoms with Gasteiger partial charge < -0.3 is 10.1 Å². The second kappa shape index (κ2) is 5.69. The van der Waals surface area contributed by atoms with Crippen LogP contribution in [0.15, 0.2) is 6.33 Å². The molecule has 1 aromatic rings. The molecular weight excluding hydrogens is 216 g/mol. The van der Waals surface area contributed by atoms with E-state index in [1.54, 1.807) is 0 Å². The lowest BCUT2D eigenvalue weighted by molar-refractivity contribution is -0.394. The van der Waals surface area contributed by atoms with Crippen LogP contribution >= 0.6 is 12.6 Å². The molecule has 6 nitrogen and oxygen atoms in total. The van der Waals surface area contributed by atoms with Crippen LogP contribution in [0.25, 0.3) is 0 Å². The van der Waals surface area contributed by atoms with Gasteiger partial charge in [0.1, 0.15) is 0 Å². The van der Waals surface area contributed by atoms with Crippen molar-refractivity contribution in [2.24, 2.45) is 5.92 Å². The van der Waals surface area contributed by atoms with Gasteiger partial charge in [-0.2, -0.15) is 17.3 Å². The summed E-state index contributed by atoms with van der Waals surface area (Å²) in [5, 5.41) is 14.0. The molecule has 0 saturated heterocycles. The van der Waals surface area contributed by atoms with Crippen LogP contribution in [0.4, 0.5) is 5.95 Å². The monoisotopic (exact) mass is 230 g/mol. The van der Waals surface area contributed by atoms with E-state index in [2.05, 4.69) is 29.6 Å². The average Bonchev–Trinajstić information content (AvgIpc) is 2.63. The first kappa shape index (κ1) is 12.0.